The van der Waals surface area contributed by atoms with Gasteiger partial charge in [0.15, 0.2) is 0 Å². The van der Waals surface area contributed by atoms with Crippen molar-refractivity contribution in [2.45, 2.75) is 71.8 Å². The molecule has 1 nitrogen and oxygen atoms in total. The maximum atomic E-state index is 14.5. The van der Waals surface area contributed by atoms with Crippen LogP contribution in [0.3, 0.4) is 0 Å². The molecule has 1 fully saturated rings. The van der Waals surface area contributed by atoms with E-state index in [0.29, 0.717) is 11.8 Å². The summed E-state index contributed by atoms with van der Waals surface area (Å²) >= 11 is 0. The summed E-state index contributed by atoms with van der Waals surface area (Å²) in [4.78, 5) is 0. The first kappa shape index (κ1) is 16.5. The van der Waals surface area contributed by atoms with Crippen molar-refractivity contribution in [2.24, 2.45) is 5.92 Å². The van der Waals surface area contributed by atoms with E-state index in [1.807, 2.05) is 6.92 Å². The lowest BCUT2D eigenvalue weighted by Crippen LogP contribution is -2.41. The molecule has 1 aromatic rings. The molecule has 0 aromatic heterocycles. The number of aryl methyl sites for hydroxylation is 2. The number of nitrogens with one attached hydrogen (secondary N) is 1. The Kier molecular flexibility index (Phi) is 5.08. The van der Waals surface area contributed by atoms with Crippen molar-refractivity contribution in [3.05, 3.63) is 34.6 Å². The second-order valence-corrected chi connectivity index (χ2v) is 7.76. The zero-order chi connectivity index (χ0) is 15.6. The molecule has 0 amide bonds. The molecule has 1 saturated carbocycles. The van der Waals surface area contributed by atoms with Crippen LogP contribution >= 0.6 is 0 Å². The molecule has 1 aliphatic rings. The Balaban J connectivity index is 2.23. The van der Waals surface area contributed by atoms with Gasteiger partial charge in [-0.2, -0.15) is 0 Å². The maximum Gasteiger partial charge on any atom is 0.127 e. The smallest absolute Gasteiger partial charge is 0.127 e. The van der Waals surface area contributed by atoms with Crippen LogP contribution in [0.5, 0.6) is 0 Å². The van der Waals surface area contributed by atoms with Gasteiger partial charge in [0.05, 0.1) is 0 Å². The highest BCUT2D eigenvalue weighted by Crippen LogP contribution is 2.40. The molecule has 0 aliphatic heterocycles. The predicted octanol–water partition coefficient (Wildman–Crippen LogP) is 5.10. The summed E-state index contributed by atoms with van der Waals surface area (Å²) in [5, 5.41) is 3.62. The van der Waals surface area contributed by atoms with Crippen LogP contribution in [0.2, 0.25) is 0 Å². The van der Waals surface area contributed by atoms with Crippen molar-refractivity contribution < 1.29 is 4.39 Å². The number of hydrogen-bond acceptors (Lipinski definition) is 1. The van der Waals surface area contributed by atoms with E-state index in [1.54, 1.807) is 6.07 Å². The van der Waals surface area contributed by atoms with E-state index in [-0.39, 0.29) is 11.4 Å². The van der Waals surface area contributed by atoms with Crippen molar-refractivity contribution in [1.82, 2.24) is 5.32 Å². The minimum atomic E-state index is 0.000147. The summed E-state index contributed by atoms with van der Waals surface area (Å²) in [5.74, 6) is 0.920. The van der Waals surface area contributed by atoms with Crippen LogP contribution in [0, 0.1) is 25.6 Å². The lowest BCUT2D eigenvalue weighted by molar-refractivity contribution is 0.265. The molecule has 2 unspecified atom stereocenters. The van der Waals surface area contributed by atoms with E-state index >= 15 is 0 Å². The fraction of sp³-hybridized carbons (Fsp3) is 0.684. The van der Waals surface area contributed by atoms with E-state index < -0.39 is 0 Å². The van der Waals surface area contributed by atoms with Gasteiger partial charge < -0.3 is 5.32 Å². The molecule has 2 atom stereocenters. The molecule has 21 heavy (non-hydrogen) atoms. The van der Waals surface area contributed by atoms with Crippen molar-refractivity contribution in [1.29, 1.82) is 0 Å². The molecular formula is C19H30FN. The Morgan fingerprint density at radius 2 is 1.81 bits per heavy atom. The third kappa shape index (κ3) is 4.29. The Hall–Kier alpha value is -0.890. The Morgan fingerprint density at radius 1 is 1.14 bits per heavy atom. The normalized spacial score (nSPS) is 23.3. The first-order valence-corrected chi connectivity index (χ1v) is 8.29. The summed E-state index contributed by atoms with van der Waals surface area (Å²) in [7, 11) is 0. The van der Waals surface area contributed by atoms with E-state index in [2.05, 4.69) is 39.1 Å². The fourth-order valence-corrected chi connectivity index (χ4v) is 3.67. The van der Waals surface area contributed by atoms with Crippen LogP contribution in [0.25, 0.3) is 0 Å². The second kappa shape index (κ2) is 6.48. The molecule has 0 saturated heterocycles. The average Bonchev–Trinajstić information content (AvgIpc) is 2.35. The van der Waals surface area contributed by atoms with Gasteiger partial charge in [-0.05, 0) is 88.6 Å². The highest BCUT2D eigenvalue weighted by Gasteiger charge is 2.30. The van der Waals surface area contributed by atoms with Crippen LogP contribution in [0.1, 0.15) is 69.1 Å². The van der Waals surface area contributed by atoms with Gasteiger partial charge in [0.25, 0.3) is 0 Å². The number of rotatable bonds is 3. The minimum Gasteiger partial charge on any atom is -0.312 e. The quantitative estimate of drug-likeness (QED) is 0.816. The van der Waals surface area contributed by atoms with Crippen LogP contribution in [-0.2, 0) is 0 Å². The van der Waals surface area contributed by atoms with Crippen LogP contribution in [0.15, 0.2) is 12.1 Å². The minimum absolute atomic E-state index is 0.000147. The number of halogens is 1. The topological polar surface area (TPSA) is 12.0 Å². The first-order chi connectivity index (χ1) is 9.78. The molecular weight excluding hydrogens is 261 g/mol. The zero-order valence-electron chi connectivity index (χ0n) is 14.2. The molecule has 118 valence electrons. The van der Waals surface area contributed by atoms with Gasteiger partial charge in [-0.15, -0.1) is 0 Å². The predicted molar refractivity (Wildman–Crippen MR) is 88.3 cm³/mol. The fourth-order valence-electron chi connectivity index (χ4n) is 3.67. The summed E-state index contributed by atoms with van der Waals surface area (Å²) in [6.45, 7) is 11.6. The van der Waals surface area contributed by atoms with Gasteiger partial charge in [0.1, 0.15) is 5.82 Å². The van der Waals surface area contributed by atoms with Crippen LogP contribution in [-0.4, -0.2) is 12.1 Å². The number of hydrogen-bond donors (Lipinski definition) is 1. The molecule has 2 heteroatoms. The van der Waals surface area contributed by atoms with E-state index in [4.69, 9.17) is 0 Å². The third-order valence-electron chi connectivity index (χ3n) is 4.66. The van der Waals surface area contributed by atoms with Crippen molar-refractivity contribution in [2.75, 3.05) is 6.54 Å². The molecule has 0 spiro atoms. The highest BCUT2D eigenvalue weighted by molar-refractivity contribution is 5.35. The van der Waals surface area contributed by atoms with Crippen molar-refractivity contribution in [3.8, 4) is 0 Å². The van der Waals surface area contributed by atoms with Crippen molar-refractivity contribution in [3.63, 3.8) is 0 Å². The lowest BCUT2D eigenvalue weighted by atomic mass is 9.73. The first-order valence-electron chi connectivity index (χ1n) is 8.29. The largest absolute Gasteiger partial charge is 0.312 e. The lowest BCUT2D eigenvalue weighted by Gasteiger charge is -2.35. The van der Waals surface area contributed by atoms with Gasteiger partial charge in [-0.25, -0.2) is 4.39 Å². The summed E-state index contributed by atoms with van der Waals surface area (Å²) in [5.41, 5.74) is 3.25. The summed E-state index contributed by atoms with van der Waals surface area (Å²) in [6.07, 6.45) is 4.83. The molecule has 1 aliphatic carbocycles. The molecule has 0 heterocycles. The summed E-state index contributed by atoms with van der Waals surface area (Å²) < 4.78 is 14.5. The third-order valence-corrected chi connectivity index (χ3v) is 4.66. The zero-order valence-corrected chi connectivity index (χ0v) is 14.2. The maximum absolute atomic E-state index is 14.5. The highest BCUT2D eigenvalue weighted by atomic mass is 19.1. The molecule has 0 radical (unpaired) electrons. The van der Waals surface area contributed by atoms with Crippen LogP contribution < -0.4 is 5.32 Å². The number of benzene rings is 1. The Bertz CT molecular complexity index is 464. The van der Waals surface area contributed by atoms with Gasteiger partial charge in [-0.3, -0.25) is 0 Å². The molecule has 1 N–H and O–H groups in total. The SMILES string of the molecule is Cc1cc(C)c(C2CCCCC2CNC(C)(C)C)c(F)c1. The summed E-state index contributed by atoms with van der Waals surface area (Å²) in [6, 6.07) is 3.83. The standard InChI is InChI=1S/C19H30FN/c1-13-10-14(2)18(17(20)11-13)16-9-7-6-8-15(16)12-21-19(3,4)5/h10-11,15-16,21H,6-9,12H2,1-5H3. The van der Waals surface area contributed by atoms with Crippen molar-refractivity contribution >= 4 is 0 Å². The van der Waals surface area contributed by atoms with Gasteiger partial charge in [-0.1, -0.05) is 18.9 Å². The average molecular weight is 291 g/mol. The van der Waals surface area contributed by atoms with Gasteiger partial charge >= 0.3 is 0 Å². The molecule has 2 rings (SSSR count). The van der Waals surface area contributed by atoms with E-state index in [0.717, 1.165) is 29.7 Å². The Morgan fingerprint density at radius 3 is 2.43 bits per heavy atom. The van der Waals surface area contributed by atoms with Crippen LogP contribution in [0.4, 0.5) is 4.39 Å². The van der Waals surface area contributed by atoms with Gasteiger partial charge in [0, 0.05) is 5.54 Å². The Labute approximate surface area is 129 Å². The monoisotopic (exact) mass is 291 g/mol. The molecule has 1 aromatic carbocycles. The second-order valence-electron chi connectivity index (χ2n) is 7.76. The van der Waals surface area contributed by atoms with E-state index in [1.165, 1.54) is 19.3 Å². The molecule has 0 bridgehead atoms. The van der Waals surface area contributed by atoms with Gasteiger partial charge in [0.2, 0.25) is 0 Å². The van der Waals surface area contributed by atoms with E-state index in [9.17, 15) is 4.39 Å².